The lowest BCUT2D eigenvalue weighted by Crippen LogP contribution is -2.26. The average Bonchev–Trinajstić information content (AvgIpc) is 3.66. The van der Waals surface area contributed by atoms with Crippen molar-refractivity contribution >= 4 is 34.9 Å². The molecule has 168 valence electrons. The predicted octanol–water partition coefficient (Wildman–Crippen LogP) is 5.17. The Morgan fingerprint density at radius 2 is 1.27 bits per heavy atom. The minimum Gasteiger partial charge on any atom is -0.346 e. The highest BCUT2D eigenvalue weighted by atomic mass is 16.2. The van der Waals surface area contributed by atoms with Gasteiger partial charge in [-0.1, -0.05) is 30.3 Å². The summed E-state index contributed by atoms with van der Waals surface area (Å²) in [5, 5.41) is 11.4. The third-order valence-corrected chi connectivity index (χ3v) is 5.41. The molecule has 1 atom stereocenters. The van der Waals surface area contributed by atoms with E-state index < -0.39 is 0 Å². The Morgan fingerprint density at radius 3 is 1.88 bits per heavy atom. The minimum atomic E-state index is -0.358. The predicted molar refractivity (Wildman–Crippen MR) is 129 cm³/mol. The van der Waals surface area contributed by atoms with Crippen molar-refractivity contribution < 1.29 is 14.4 Å². The molecule has 1 unspecified atom stereocenters. The molecule has 0 saturated heterocycles. The van der Waals surface area contributed by atoms with Gasteiger partial charge in [-0.05, 0) is 73.9 Å². The Kier molecular flexibility index (Phi) is 6.69. The topological polar surface area (TPSA) is 99.3 Å². The lowest BCUT2D eigenvalue weighted by atomic mass is 10.1. The second-order valence-corrected chi connectivity index (χ2v) is 8.10. The maximum Gasteiger partial charge on any atom is 0.323 e. The van der Waals surface area contributed by atoms with Gasteiger partial charge in [0.15, 0.2) is 0 Å². The van der Waals surface area contributed by atoms with Crippen LogP contribution in [0.5, 0.6) is 0 Å². The summed E-state index contributed by atoms with van der Waals surface area (Å²) in [4.78, 5) is 36.6. The fourth-order valence-electron chi connectivity index (χ4n) is 3.33. The second-order valence-electron chi connectivity index (χ2n) is 8.10. The summed E-state index contributed by atoms with van der Waals surface area (Å²) >= 11 is 0. The van der Waals surface area contributed by atoms with Crippen LogP contribution in [0.1, 0.15) is 41.7 Å². The van der Waals surface area contributed by atoms with Crippen LogP contribution >= 0.6 is 0 Å². The Labute approximate surface area is 192 Å². The number of rotatable bonds is 7. The molecule has 3 aromatic rings. The van der Waals surface area contributed by atoms with E-state index in [-0.39, 0.29) is 29.8 Å². The van der Waals surface area contributed by atoms with Crippen LogP contribution in [-0.2, 0) is 4.79 Å². The largest absolute Gasteiger partial charge is 0.346 e. The first kappa shape index (κ1) is 22.1. The van der Waals surface area contributed by atoms with Crippen molar-refractivity contribution in [3.8, 4) is 0 Å². The van der Waals surface area contributed by atoms with Crippen LogP contribution in [0, 0.1) is 5.92 Å². The average molecular weight is 443 g/mol. The highest BCUT2D eigenvalue weighted by Crippen LogP contribution is 2.30. The van der Waals surface area contributed by atoms with Crippen molar-refractivity contribution in [2.45, 2.75) is 25.8 Å². The molecule has 1 fully saturated rings. The zero-order valence-corrected chi connectivity index (χ0v) is 18.3. The molecule has 7 heteroatoms. The van der Waals surface area contributed by atoms with E-state index in [0.717, 1.165) is 24.1 Å². The molecule has 1 aliphatic rings. The van der Waals surface area contributed by atoms with E-state index >= 15 is 0 Å². The zero-order valence-electron chi connectivity index (χ0n) is 18.3. The number of amides is 4. The summed E-state index contributed by atoms with van der Waals surface area (Å²) in [6, 6.07) is 22.8. The van der Waals surface area contributed by atoms with Crippen molar-refractivity contribution in [1.29, 1.82) is 0 Å². The molecule has 0 spiro atoms. The van der Waals surface area contributed by atoms with E-state index in [9.17, 15) is 14.4 Å². The molecule has 1 saturated carbocycles. The number of benzene rings is 3. The highest BCUT2D eigenvalue weighted by molar-refractivity contribution is 6.00. The SMILES string of the molecule is CC(NC(=O)c1ccc(NC(=O)Nc2ccccc2)cc1)c1ccc(NC(=O)C2CC2)cc1. The molecule has 0 aliphatic heterocycles. The molecule has 4 amide bonds. The quantitative estimate of drug-likeness (QED) is 0.406. The number of carbonyl (C=O) groups is 3. The Hall–Kier alpha value is -4.13. The Balaban J connectivity index is 1.28. The smallest absolute Gasteiger partial charge is 0.323 e. The third-order valence-electron chi connectivity index (χ3n) is 5.41. The van der Waals surface area contributed by atoms with Crippen LogP contribution in [0.25, 0.3) is 0 Å². The van der Waals surface area contributed by atoms with Crippen LogP contribution in [0.2, 0.25) is 0 Å². The molecule has 33 heavy (non-hydrogen) atoms. The zero-order chi connectivity index (χ0) is 23.2. The normalized spacial score (nSPS) is 13.5. The maximum atomic E-state index is 12.6. The van der Waals surface area contributed by atoms with Gasteiger partial charge in [0.05, 0.1) is 6.04 Å². The summed E-state index contributed by atoms with van der Waals surface area (Å²) in [7, 11) is 0. The lowest BCUT2D eigenvalue weighted by Gasteiger charge is -2.15. The van der Waals surface area contributed by atoms with Gasteiger partial charge in [0.1, 0.15) is 0 Å². The molecular formula is C26H26N4O3. The van der Waals surface area contributed by atoms with Crippen LogP contribution in [-0.4, -0.2) is 17.8 Å². The Morgan fingerprint density at radius 1 is 0.727 bits per heavy atom. The van der Waals surface area contributed by atoms with E-state index in [1.807, 2.05) is 49.4 Å². The van der Waals surface area contributed by atoms with Crippen molar-refractivity contribution in [2.24, 2.45) is 5.92 Å². The summed E-state index contributed by atoms with van der Waals surface area (Å²) in [5.41, 5.74) is 3.46. The van der Waals surface area contributed by atoms with E-state index in [4.69, 9.17) is 0 Å². The minimum absolute atomic E-state index is 0.0691. The van der Waals surface area contributed by atoms with E-state index in [2.05, 4.69) is 21.3 Å². The first-order chi connectivity index (χ1) is 16.0. The summed E-state index contributed by atoms with van der Waals surface area (Å²) in [6.07, 6.45) is 1.93. The number of nitrogens with one attached hydrogen (secondary N) is 4. The van der Waals surface area contributed by atoms with Gasteiger partial charge in [0.25, 0.3) is 5.91 Å². The van der Waals surface area contributed by atoms with Crippen molar-refractivity contribution in [3.05, 3.63) is 90.0 Å². The Bertz CT molecular complexity index is 1120. The number of hydrogen-bond acceptors (Lipinski definition) is 3. The van der Waals surface area contributed by atoms with E-state index in [0.29, 0.717) is 16.9 Å². The highest BCUT2D eigenvalue weighted by Gasteiger charge is 2.29. The first-order valence-corrected chi connectivity index (χ1v) is 10.9. The summed E-state index contributed by atoms with van der Waals surface area (Å²) < 4.78 is 0. The molecule has 0 bridgehead atoms. The molecule has 7 nitrogen and oxygen atoms in total. The fraction of sp³-hybridized carbons (Fsp3) is 0.192. The van der Waals surface area contributed by atoms with Crippen LogP contribution in [0.3, 0.4) is 0 Å². The van der Waals surface area contributed by atoms with Crippen LogP contribution in [0.4, 0.5) is 21.9 Å². The van der Waals surface area contributed by atoms with Gasteiger partial charge in [0.2, 0.25) is 5.91 Å². The van der Waals surface area contributed by atoms with Gasteiger partial charge < -0.3 is 21.3 Å². The van der Waals surface area contributed by atoms with Gasteiger partial charge in [-0.2, -0.15) is 0 Å². The van der Waals surface area contributed by atoms with Gasteiger partial charge in [0, 0.05) is 28.5 Å². The molecule has 0 radical (unpaired) electrons. The number of carbonyl (C=O) groups excluding carboxylic acids is 3. The van der Waals surface area contributed by atoms with Gasteiger partial charge in [-0.15, -0.1) is 0 Å². The maximum absolute atomic E-state index is 12.6. The van der Waals surface area contributed by atoms with Gasteiger partial charge >= 0.3 is 6.03 Å². The monoisotopic (exact) mass is 442 g/mol. The second kappa shape index (κ2) is 9.99. The third kappa shape index (κ3) is 6.20. The first-order valence-electron chi connectivity index (χ1n) is 10.9. The van der Waals surface area contributed by atoms with Crippen molar-refractivity contribution in [1.82, 2.24) is 5.32 Å². The summed E-state index contributed by atoms with van der Waals surface area (Å²) in [6.45, 7) is 1.90. The molecule has 4 rings (SSSR count). The van der Waals surface area contributed by atoms with Crippen molar-refractivity contribution in [3.63, 3.8) is 0 Å². The molecule has 0 heterocycles. The van der Waals surface area contributed by atoms with Crippen LogP contribution in [0.15, 0.2) is 78.9 Å². The number of para-hydroxylation sites is 1. The van der Waals surface area contributed by atoms with E-state index in [1.54, 1.807) is 36.4 Å². The molecular weight excluding hydrogens is 416 g/mol. The molecule has 4 N–H and O–H groups in total. The molecule has 0 aromatic heterocycles. The van der Waals surface area contributed by atoms with Gasteiger partial charge in [-0.25, -0.2) is 4.79 Å². The van der Waals surface area contributed by atoms with Crippen LogP contribution < -0.4 is 21.3 Å². The molecule has 1 aliphatic carbocycles. The van der Waals surface area contributed by atoms with Gasteiger partial charge in [-0.3, -0.25) is 9.59 Å². The number of hydrogen-bond donors (Lipinski definition) is 4. The number of urea groups is 1. The molecule has 3 aromatic carbocycles. The summed E-state index contributed by atoms with van der Waals surface area (Å²) in [5.74, 6) is 0.0104. The van der Waals surface area contributed by atoms with E-state index in [1.165, 1.54) is 0 Å². The van der Waals surface area contributed by atoms with Crippen molar-refractivity contribution in [2.75, 3.05) is 16.0 Å². The standard InChI is InChI=1S/C26H26N4O3/c1-17(18-9-13-22(14-10-18)28-25(32)19-7-8-19)27-24(31)20-11-15-23(16-12-20)30-26(33)29-21-5-3-2-4-6-21/h2-6,9-17,19H,7-8H2,1H3,(H,27,31)(H,28,32)(H2,29,30,33). The number of anilines is 3. The fourth-order valence-corrected chi connectivity index (χ4v) is 3.33. The lowest BCUT2D eigenvalue weighted by molar-refractivity contribution is -0.117.